The van der Waals surface area contributed by atoms with E-state index < -0.39 is 5.97 Å². The monoisotopic (exact) mass is 472 g/mol. The van der Waals surface area contributed by atoms with Crippen LogP contribution in [0.4, 0.5) is 0 Å². The number of nitriles is 1. The molecule has 1 unspecified atom stereocenters. The maximum atomic E-state index is 12.2. The van der Waals surface area contributed by atoms with Crippen molar-refractivity contribution in [2.75, 3.05) is 6.61 Å². The first-order valence-corrected chi connectivity index (χ1v) is 10.6. The third-order valence-electron chi connectivity index (χ3n) is 4.49. The minimum atomic E-state index is -0.627. The molecule has 0 amide bonds. The van der Waals surface area contributed by atoms with E-state index in [2.05, 4.69) is 6.07 Å². The zero-order chi connectivity index (χ0) is 22.0. The lowest BCUT2D eigenvalue weighted by Crippen LogP contribution is -2.21. The van der Waals surface area contributed by atoms with Crippen molar-refractivity contribution in [3.05, 3.63) is 85.9 Å². The van der Waals surface area contributed by atoms with Crippen LogP contribution in [0.25, 0.3) is 0 Å². The van der Waals surface area contributed by atoms with Gasteiger partial charge < -0.3 is 19.9 Å². The van der Waals surface area contributed by atoms with Crippen LogP contribution < -0.4 is 19.9 Å². The summed E-state index contributed by atoms with van der Waals surface area (Å²) in [5.74, 6) is 0.0522. The maximum Gasteiger partial charge on any atom is 0.349 e. The number of fused-ring (bicyclic) bond motifs is 1. The average molecular weight is 473 g/mol. The number of thiophene rings is 1. The standard InChI is InChI=1S/C22H14Cl2N2O4S/c23-12-3-6-17(16(24)8-12)28-11-20(27)29-13-4-5-14-18(9-13)30-22(26)15(10-25)21(14)19-2-1-7-31-19/h1-9,21H,11,26H2. The number of esters is 1. The molecule has 0 saturated carbocycles. The van der Waals surface area contributed by atoms with E-state index in [1.54, 1.807) is 30.3 Å². The van der Waals surface area contributed by atoms with Gasteiger partial charge in [0.2, 0.25) is 5.88 Å². The quantitative estimate of drug-likeness (QED) is 0.402. The number of hydrogen-bond donors (Lipinski definition) is 1. The Morgan fingerprint density at radius 1 is 1.23 bits per heavy atom. The number of rotatable bonds is 5. The Bertz CT molecular complexity index is 1220. The molecule has 0 radical (unpaired) electrons. The highest BCUT2D eigenvalue weighted by Gasteiger charge is 2.31. The minimum absolute atomic E-state index is 0.0255. The number of carbonyl (C=O) groups is 1. The molecule has 0 aliphatic carbocycles. The number of hydrogen-bond acceptors (Lipinski definition) is 7. The van der Waals surface area contributed by atoms with Gasteiger partial charge in [-0.05, 0) is 35.7 Å². The van der Waals surface area contributed by atoms with Crippen molar-refractivity contribution in [3.63, 3.8) is 0 Å². The number of ether oxygens (including phenoxy) is 3. The molecular formula is C22H14Cl2N2O4S. The first-order valence-electron chi connectivity index (χ1n) is 8.99. The Hall–Kier alpha value is -3.18. The lowest BCUT2D eigenvalue weighted by molar-refractivity contribution is -0.136. The second-order valence-electron chi connectivity index (χ2n) is 6.48. The zero-order valence-corrected chi connectivity index (χ0v) is 18.1. The summed E-state index contributed by atoms with van der Waals surface area (Å²) in [6.45, 7) is -0.349. The van der Waals surface area contributed by atoms with Crippen molar-refractivity contribution in [1.29, 1.82) is 5.26 Å². The summed E-state index contributed by atoms with van der Waals surface area (Å²) in [7, 11) is 0. The topological polar surface area (TPSA) is 94.6 Å². The highest BCUT2D eigenvalue weighted by molar-refractivity contribution is 7.10. The van der Waals surface area contributed by atoms with Gasteiger partial charge in [0, 0.05) is 21.5 Å². The number of carbonyl (C=O) groups excluding carboxylic acids is 1. The van der Waals surface area contributed by atoms with Gasteiger partial charge in [-0.15, -0.1) is 11.3 Å². The van der Waals surface area contributed by atoms with Crippen LogP contribution in [0, 0.1) is 11.3 Å². The predicted molar refractivity (Wildman–Crippen MR) is 118 cm³/mol. The van der Waals surface area contributed by atoms with E-state index in [4.69, 9.17) is 43.1 Å². The maximum absolute atomic E-state index is 12.2. The van der Waals surface area contributed by atoms with E-state index in [0.717, 1.165) is 10.4 Å². The number of nitrogens with two attached hydrogens (primary N) is 1. The Morgan fingerprint density at radius 2 is 2.06 bits per heavy atom. The first-order chi connectivity index (χ1) is 15.0. The highest BCUT2D eigenvalue weighted by Crippen LogP contribution is 2.44. The van der Waals surface area contributed by atoms with Gasteiger partial charge in [0.15, 0.2) is 6.61 Å². The molecule has 2 N–H and O–H groups in total. The Balaban J connectivity index is 1.51. The first kappa shape index (κ1) is 21.1. The third kappa shape index (κ3) is 4.47. The van der Waals surface area contributed by atoms with Gasteiger partial charge >= 0.3 is 5.97 Å². The fraction of sp³-hybridized carbons (Fsp3) is 0.0909. The second-order valence-corrected chi connectivity index (χ2v) is 8.30. The molecule has 2 aromatic carbocycles. The van der Waals surface area contributed by atoms with Crippen LogP contribution in [0.1, 0.15) is 16.4 Å². The summed E-state index contributed by atoms with van der Waals surface area (Å²) in [4.78, 5) is 13.2. The lowest BCUT2D eigenvalue weighted by Gasteiger charge is -2.25. The Kier molecular flexibility index (Phi) is 6.05. The molecule has 0 spiro atoms. The molecule has 1 aliphatic heterocycles. The van der Waals surface area contributed by atoms with E-state index in [0.29, 0.717) is 22.1 Å². The van der Waals surface area contributed by atoms with E-state index >= 15 is 0 Å². The zero-order valence-electron chi connectivity index (χ0n) is 15.8. The lowest BCUT2D eigenvalue weighted by atomic mass is 9.88. The van der Waals surface area contributed by atoms with Crippen LogP contribution in [-0.4, -0.2) is 12.6 Å². The van der Waals surface area contributed by atoms with Gasteiger partial charge in [-0.2, -0.15) is 5.26 Å². The molecular weight excluding hydrogens is 459 g/mol. The highest BCUT2D eigenvalue weighted by atomic mass is 35.5. The minimum Gasteiger partial charge on any atom is -0.480 e. The smallest absolute Gasteiger partial charge is 0.349 e. The van der Waals surface area contributed by atoms with Gasteiger partial charge in [0.05, 0.1) is 10.9 Å². The molecule has 2 heterocycles. The molecule has 9 heteroatoms. The molecule has 6 nitrogen and oxygen atoms in total. The number of allylic oxidation sites excluding steroid dienone is 1. The van der Waals surface area contributed by atoms with Crippen LogP contribution in [0.15, 0.2) is 65.4 Å². The summed E-state index contributed by atoms with van der Waals surface area (Å²) in [5.41, 5.74) is 7.08. The molecule has 4 rings (SSSR count). The fourth-order valence-corrected chi connectivity index (χ4v) is 4.45. The van der Waals surface area contributed by atoms with Gasteiger partial charge in [-0.25, -0.2) is 4.79 Å². The fourth-order valence-electron chi connectivity index (χ4n) is 3.14. The third-order valence-corrected chi connectivity index (χ3v) is 5.96. The molecule has 31 heavy (non-hydrogen) atoms. The van der Waals surface area contributed by atoms with Crippen molar-refractivity contribution >= 4 is 40.5 Å². The van der Waals surface area contributed by atoms with Gasteiger partial charge in [0.1, 0.15) is 28.9 Å². The molecule has 0 bridgehead atoms. The molecule has 1 aliphatic rings. The van der Waals surface area contributed by atoms with Gasteiger partial charge in [-0.1, -0.05) is 35.3 Å². The van der Waals surface area contributed by atoms with E-state index in [9.17, 15) is 10.1 Å². The summed E-state index contributed by atoms with van der Waals surface area (Å²) < 4.78 is 16.4. The molecule has 0 fully saturated rings. The average Bonchev–Trinajstić information content (AvgIpc) is 3.26. The summed E-state index contributed by atoms with van der Waals surface area (Å²) in [6, 6.07) is 15.6. The summed E-state index contributed by atoms with van der Waals surface area (Å²) >= 11 is 13.4. The number of benzene rings is 2. The molecule has 3 aromatic rings. The molecule has 0 saturated heterocycles. The van der Waals surface area contributed by atoms with Crippen LogP contribution in [-0.2, 0) is 4.79 Å². The Morgan fingerprint density at radius 3 is 2.77 bits per heavy atom. The van der Waals surface area contributed by atoms with Crippen molar-refractivity contribution < 1.29 is 19.0 Å². The van der Waals surface area contributed by atoms with Crippen molar-refractivity contribution in [2.45, 2.75) is 5.92 Å². The van der Waals surface area contributed by atoms with Crippen LogP contribution in [0.2, 0.25) is 10.0 Å². The SMILES string of the molecule is N#CC1=C(N)Oc2cc(OC(=O)COc3ccc(Cl)cc3Cl)ccc2C1c1cccs1. The van der Waals surface area contributed by atoms with Gasteiger partial charge in [0.25, 0.3) is 0 Å². The van der Waals surface area contributed by atoms with Crippen LogP contribution >= 0.6 is 34.5 Å². The molecule has 1 aromatic heterocycles. The Labute approximate surface area is 192 Å². The second kappa shape index (κ2) is 8.90. The summed E-state index contributed by atoms with van der Waals surface area (Å²) in [6.07, 6.45) is 0. The van der Waals surface area contributed by atoms with Crippen LogP contribution in [0.5, 0.6) is 17.2 Å². The van der Waals surface area contributed by atoms with Crippen LogP contribution in [0.3, 0.4) is 0 Å². The molecule has 1 atom stereocenters. The van der Waals surface area contributed by atoms with E-state index in [1.807, 2.05) is 17.5 Å². The van der Waals surface area contributed by atoms with Crippen molar-refractivity contribution in [1.82, 2.24) is 0 Å². The van der Waals surface area contributed by atoms with Crippen molar-refractivity contribution in [2.24, 2.45) is 5.73 Å². The predicted octanol–water partition coefficient (Wildman–Crippen LogP) is 5.26. The van der Waals surface area contributed by atoms with E-state index in [-0.39, 0.29) is 29.2 Å². The molecule has 156 valence electrons. The van der Waals surface area contributed by atoms with Crippen molar-refractivity contribution in [3.8, 4) is 23.3 Å². The normalized spacial score (nSPS) is 14.9. The summed E-state index contributed by atoms with van der Waals surface area (Å²) in [5, 5.41) is 12.2. The van der Waals surface area contributed by atoms with Gasteiger partial charge in [-0.3, -0.25) is 0 Å². The largest absolute Gasteiger partial charge is 0.480 e. The van der Waals surface area contributed by atoms with E-state index in [1.165, 1.54) is 17.4 Å². The number of halogens is 2. The number of nitrogens with zero attached hydrogens (tertiary/aromatic N) is 1.